The molecule has 1 aliphatic heterocycles. The Bertz CT molecular complexity index is 1050. The summed E-state index contributed by atoms with van der Waals surface area (Å²) in [5.74, 6) is -0.103. The van der Waals surface area contributed by atoms with Crippen LogP contribution in [0.2, 0.25) is 0 Å². The molecule has 2 N–H and O–H groups in total. The quantitative estimate of drug-likeness (QED) is 0.712. The fraction of sp³-hybridized carbons (Fsp3) is 0.150. The van der Waals surface area contributed by atoms with Crippen LogP contribution < -0.4 is 10.6 Å². The number of carbonyl (C=O) groups excluding carboxylic acids is 1. The molecule has 0 radical (unpaired) electrons. The number of aromatic nitrogens is 3. The van der Waals surface area contributed by atoms with Crippen molar-refractivity contribution in [1.82, 2.24) is 14.8 Å². The maximum atomic E-state index is 12.5. The minimum absolute atomic E-state index is 0.103. The normalized spacial score (nSPS) is 14.8. The molecular formula is C20H19N5O. The maximum absolute atomic E-state index is 12.5. The molecule has 0 unspecified atom stereocenters. The summed E-state index contributed by atoms with van der Waals surface area (Å²) in [4.78, 5) is 16.8. The Hall–Kier alpha value is -3.41. The van der Waals surface area contributed by atoms with E-state index in [-0.39, 0.29) is 5.91 Å². The Labute approximate surface area is 151 Å². The van der Waals surface area contributed by atoms with Crippen LogP contribution in [-0.4, -0.2) is 20.7 Å². The fourth-order valence-corrected chi connectivity index (χ4v) is 3.24. The molecule has 3 aromatic rings. The Morgan fingerprint density at radius 2 is 2.04 bits per heavy atom. The average Bonchev–Trinajstić information content (AvgIpc) is 3.16. The summed E-state index contributed by atoms with van der Waals surface area (Å²) in [5.41, 5.74) is 7.24. The molecule has 0 bridgehead atoms. The van der Waals surface area contributed by atoms with Gasteiger partial charge in [-0.15, -0.1) is 0 Å². The van der Waals surface area contributed by atoms with E-state index in [9.17, 15) is 4.79 Å². The van der Waals surface area contributed by atoms with Crippen LogP contribution in [0.1, 0.15) is 18.1 Å². The third kappa shape index (κ3) is 2.75. The van der Waals surface area contributed by atoms with E-state index in [1.807, 2.05) is 50.6 Å². The van der Waals surface area contributed by atoms with Crippen molar-refractivity contribution >= 4 is 22.9 Å². The number of benzene rings is 1. The second-order valence-corrected chi connectivity index (χ2v) is 6.43. The number of hydrogen-bond acceptors (Lipinski definition) is 4. The molecular weight excluding hydrogens is 326 g/mol. The molecule has 0 saturated carbocycles. The lowest BCUT2D eigenvalue weighted by molar-refractivity contribution is -0.110. The van der Waals surface area contributed by atoms with Crippen molar-refractivity contribution in [3.8, 4) is 11.1 Å². The number of nitrogens with one attached hydrogen (secondary N) is 2. The van der Waals surface area contributed by atoms with Gasteiger partial charge in [0.15, 0.2) is 0 Å². The van der Waals surface area contributed by atoms with Crippen molar-refractivity contribution in [3.05, 3.63) is 65.9 Å². The predicted octanol–water partition coefficient (Wildman–Crippen LogP) is 3.59. The molecule has 0 saturated heterocycles. The van der Waals surface area contributed by atoms with Gasteiger partial charge in [0.05, 0.1) is 17.5 Å². The second-order valence-electron chi connectivity index (χ2n) is 6.43. The number of pyridine rings is 1. The Morgan fingerprint density at radius 1 is 1.19 bits per heavy atom. The highest BCUT2D eigenvalue weighted by Gasteiger charge is 2.27. The van der Waals surface area contributed by atoms with Crippen molar-refractivity contribution in [2.75, 3.05) is 10.6 Å². The number of allylic oxidation sites excluding steroid dienone is 1. The van der Waals surface area contributed by atoms with Crippen molar-refractivity contribution in [3.63, 3.8) is 0 Å². The van der Waals surface area contributed by atoms with E-state index in [4.69, 9.17) is 0 Å². The summed E-state index contributed by atoms with van der Waals surface area (Å²) in [6.07, 6.45) is 7.23. The number of rotatable bonds is 3. The van der Waals surface area contributed by atoms with E-state index in [1.165, 1.54) is 0 Å². The van der Waals surface area contributed by atoms with E-state index in [2.05, 4.69) is 27.6 Å². The zero-order chi connectivity index (χ0) is 18.3. The summed E-state index contributed by atoms with van der Waals surface area (Å²) < 4.78 is 1.71. The minimum Gasteiger partial charge on any atom is -0.356 e. The lowest BCUT2D eigenvalue weighted by Crippen LogP contribution is -2.08. The summed E-state index contributed by atoms with van der Waals surface area (Å²) in [5, 5.41) is 10.4. The fourth-order valence-electron chi connectivity index (χ4n) is 3.24. The van der Waals surface area contributed by atoms with Gasteiger partial charge in [-0.25, -0.2) is 0 Å². The van der Waals surface area contributed by atoms with Gasteiger partial charge < -0.3 is 10.6 Å². The number of nitrogens with zero attached hydrogens (tertiary/aromatic N) is 3. The van der Waals surface area contributed by atoms with Gasteiger partial charge in [-0.3, -0.25) is 14.5 Å². The highest BCUT2D eigenvalue weighted by Crippen LogP contribution is 2.37. The number of carbonyl (C=O) groups is 1. The standard InChI is InChI=1S/C20H19N5O/c1-12-6-7-21-10-17(12)14-4-5-18-16(8-14)19(20(26)24-18)13(2)23-15-9-22-25(3)11-15/h4-11,23H,1-3H3,(H,24,26)/b19-13-. The Kier molecular flexibility index (Phi) is 3.80. The molecule has 0 fully saturated rings. The first-order valence-corrected chi connectivity index (χ1v) is 8.36. The molecule has 0 aliphatic carbocycles. The van der Waals surface area contributed by atoms with Crippen molar-refractivity contribution < 1.29 is 4.79 Å². The van der Waals surface area contributed by atoms with Crippen molar-refractivity contribution in [2.45, 2.75) is 13.8 Å². The van der Waals surface area contributed by atoms with Gasteiger partial charge in [-0.2, -0.15) is 5.10 Å². The van der Waals surface area contributed by atoms with Gasteiger partial charge in [-0.1, -0.05) is 6.07 Å². The van der Waals surface area contributed by atoms with Gasteiger partial charge in [0.1, 0.15) is 0 Å². The molecule has 0 spiro atoms. The van der Waals surface area contributed by atoms with Gasteiger partial charge in [0, 0.05) is 48.1 Å². The highest BCUT2D eigenvalue weighted by atomic mass is 16.2. The average molecular weight is 345 g/mol. The third-order valence-corrected chi connectivity index (χ3v) is 4.53. The lowest BCUT2D eigenvalue weighted by Gasteiger charge is -2.10. The summed E-state index contributed by atoms with van der Waals surface area (Å²) in [6.45, 7) is 3.96. The molecule has 1 amide bonds. The summed E-state index contributed by atoms with van der Waals surface area (Å²) in [6, 6.07) is 7.98. The lowest BCUT2D eigenvalue weighted by atomic mass is 9.97. The molecule has 2 aromatic heterocycles. The van der Waals surface area contributed by atoms with E-state index >= 15 is 0 Å². The van der Waals surface area contributed by atoms with Gasteiger partial charge in [0.25, 0.3) is 5.91 Å². The first-order valence-electron chi connectivity index (χ1n) is 8.36. The monoisotopic (exact) mass is 345 g/mol. The van der Waals surface area contributed by atoms with Crippen LogP contribution in [0.25, 0.3) is 16.7 Å². The summed E-state index contributed by atoms with van der Waals surface area (Å²) >= 11 is 0. The van der Waals surface area contributed by atoms with Gasteiger partial charge in [0.2, 0.25) is 0 Å². The van der Waals surface area contributed by atoms with E-state index in [1.54, 1.807) is 17.1 Å². The zero-order valence-corrected chi connectivity index (χ0v) is 14.9. The first-order chi connectivity index (χ1) is 12.5. The molecule has 26 heavy (non-hydrogen) atoms. The number of anilines is 2. The van der Waals surface area contributed by atoms with Crippen LogP contribution in [0.5, 0.6) is 0 Å². The minimum atomic E-state index is -0.103. The molecule has 3 heterocycles. The Balaban J connectivity index is 1.78. The number of amides is 1. The van der Waals surface area contributed by atoms with Crippen molar-refractivity contribution in [2.24, 2.45) is 7.05 Å². The smallest absolute Gasteiger partial charge is 0.258 e. The molecule has 6 nitrogen and oxygen atoms in total. The molecule has 1 aliphatic rings. The van der Waals surface area contributed by atoms with E-state index < -0.39 is 0 Å². The predicted molar refractivity (Wildman–Crippen MR) is 102 cm³/mol. The molecule has 4 rings (SSSR count). The highest BCUT2D eigenvalue weighted by molar-refractivity contribution is 6.32. The Morgan fingerprint density at radius 3 is 2.77 bits per heavy atom. The zero-order valence-electron chi connectivity index (χ0n) is 14.9. The van der Waals surface area contributed by atoms with Crippen LogP contribution in [0.3, 0.4) is 0 Å². The second kappa shape index (κ2) is 6.15. The molecule has 130 valence electrons. The largest absolute Gasteiger partial charge is 0.356 e. The van der Waals surface area contributed by atoms with Gasteiger partial charge >= 0.3 is 0 Å². The number of hydrogen-bond donors (Lipinski definition) is 2. The molecule has 6 heteroatoms. The molecule has 0 atom stereocenters. The first kappa shape index (κ1) is 16.1. The topological polar surface area (TPSA) is 71.8 Å². The van der Waals surface area contributed by atoms with Crippen LogP contribution >= 0.6 is 0 Å². The number of aryl methyl sites for hydroxylation is 2. The molecule has 1 aromatic carbocycles. The summed E-state index contributed by atoms with van der Waals surface area (Å²) in [7, 11) is 1.85. The van der Waals surface area contributed by atoms with E-state index in [0.29, 0.717) is 5.57 Å². The third-order valence-electron chi connectivity index (χ3n) is 4.53. The van der Waals surface area contributed by atoms with E-state index in [0.717, 1.165) is 39.3 Å². The number of fused-ring (bicyclic) bond motifs is 1. The van der Waals surface area contributed by atoms with Crippen LogP contribution in [0, 0.1) is 6.92 Å². The van der Waals surface area contributed by atoms with Crippen LogP contribution in [0.15, 0.2) is 54.7 Å². The maximum Gasteiger partial charge on any atom is 0.258 e. The van der Waals surface area contributed by atoms with Gasteiger partial charge in [-0.05, 0) is 43.2 Å². The van der Waals surface area contributed by atoms with Crippen LogP contribution in [0.4, 0.5) is 11.4 Å². The van der Waals surface area contributed by atoms with Crippen molar-refractivity contribution in [1.29, 1.82) is 0 Å². The SMILES string of the molecule is C/C(Nc1cnn(C)c1)=C1/C(=O)Nc2ccc(-c3cnccc3C)cc21. The van der Waals surface area contributed by atoms with Crippen LogP contribution in [-0.2, 0) is 11.8 Å².